The number of hydrogen-bond donors (Lipinski definition) is 1. The Morgan fingerprint density at radius 3 is 2.59 bits per heavy atom. The number of pyridine rings is 2. The molecule has 5 rings (SSSR count). The third kappa shape index (κ3) is 4.81. The van der Waals surface area contributed by atoms with Crippen LogP contribution in [0.4, 0.5) is 0 Å². The first-order chi connectivity index (χ1) is 16.3. The number of rotatable bonds is 5. The van der Waals surface area contributed by atoms with Crippen molar-refractivity contribution in [3.05, 3.63) is 53.1 Å². The highest BCUT2D eigenvalue weighted by molar-refractivity contribution is 6.06. The highest BCUT2D eigenvalue weighted by Crippen LogP contribution is 2.41. The molecule has 0 radical (unpaired) electrons. The predicted molar refractivity (Wildman–Crippen MR) is 128 cm³/mol. The number of aromatic nitrogens is 3. The first kappa shape index (κ1) is 22.5. The molecule has 0 atom stereocenters. The predicted octanol–water partition coefficient (Wildman–Crippen LogP) is 4.12. The zero-order valence-corrected chi connectivity index (χ0v) is 20.0. The molecule has 1 aliphatic carbocycles. The Hall–Kier alpha value is -3.29. The molecule has 1 aliphatic heterocycles. The van der Waals surface area contributed by atoms with Crippen LogP contribution in [0.1, 0.15) is 84.5 Å². The van der Waals surface area contributed by atoms with Crippen LogP contribution in [0.15, 0.2) is 35.1 Å². The Bertz CT molecular complexity index is 1200. The molecule has 1 N–H and O–H groups in total. The van der Waals surface area contributed by atoms with Crippen molar-refractivity contribution < 1.29 is 14.1 Å². The van der Waals surface area contributed by atoms with Gasteiger partial charge in [-0.15, -0.1) is 0 Å². The summed E-state index contributed by atoms with van der Waals surface area (Å²) in [4.78, 5) is 36.8. The number of piperidine rings is 1. The van der Waals surface area contributed by atoms with Gasteiger partial charge < -0.3 is 14.7 Å². The summed E-state index contributed by atoms with van der Waals surface area (Å²) in [6.07, 6.45) is 7.52. The van der Waals surface area contributed by atoms with E-state index >= 15 is 0 Å². The number of nitrogens with zero attached hydrogens (tertiary/aromatic N) is 4. The maximum Gasteiger partial charge on any atom is 0.259 e. The van der Waals surface area contributed by atoms with Gasteiger partial charge in [0.15, 0.2) is 0 Å². The number of fused-ring (bicyclic) bond motifs is 1. The van der Waals surface area contributed by atoms with Crippen molar-refractivity contribution in [2.75, 3.05) is 13.1 Å². The van der Waals surface area contributed by atoms with Crippen molar-refractivity contribution in [1.29, 1.82) is 0 Å². The fraction of sp³-hybridized carbons (Fsp3) is 0.500. The molecule has 3 aromatic rings. The molecule has 4 heterocycles. The minimum Gasteiger partial charge on any atom is -0.349 e. The van der Waals surface area contributed by atoms with Gasteiger partial charge in [-0.3, -0.25) is 14.6 Å². The second kappa shape index (κ2) is 8.81. The second-order valence-corrected chi connectivity index (χ2v) is 10.7. The van der Waals surface area contributed by atoms with Crippen molar-refractivity contribution in [2.45, 2.75) is 64.8 Å². The normalized spacial score (nSPS) is 17.2. The van der Waals surface area contributed by atoms with E-state index in [1.165, 1.54) is 0 Å². The molecule has 0 unspecified atom stereocenters. The fourth-order valence-corrected chi connectivity index (χ4v) is 4.57. The molecule has 2 fully saturated rings. The standard InChI is InChI=1S/C26H31N5O3/c1-26(2,3)14-21-22-19(13-20(16-6-7-16)29-24(22)34-30-21)25(33)31-11-8-18(9-12-31)28-23(32)17-5-4-10-27-15-17/h4-5,10,13,15-16,18H,6-9,11-12,14H2,1-3H3,(H,28,32). The van der Waals surface area contributed by atoms with Crippen LogP contribution in [-0.2, 0) is 6.42 Å². The summed E-state index contributed by atoms with van der Waals surface area (Å²) >= 11 is 0. The monoisotopic (exact) mass is 461 g/mol. The molecular formula is C26H31N5O3. The summed E-state index contributed by atoms with van der Waals surface area (Å²) in [6, 6.07) is 5.49. The summed E-state index contributed by atoms with van der Waals surface area (Å²) in [6.45, 7) is 7.60. The minimum atomic E-state index is -0.126. The van der Waals surface area contributed by atoms with Gasteiger partial charge in [-0.2, -0.15) is 0 Å². The SMILES string of the molecule is CC(C)(C)Cc1noc2nc(C3CC3)cc(C(=O)N3CCC(NC(=O)c4cccnc4)CC3)c12. The molecule has 3 aromatic heterocycles. The van der Waals surface area contributed by atoms with Gasteiger partial charge in [-0.1, -0.05) is 25.9 Å². The van der Waals surface area contributed by atoms with E-state index in [1.807, 2.05) is 11.0 Å². The van der Waals surface area contributed by atoms with Gasteiger partial charge in [0, 0.05) is 43.1 Å². The zero-order valence-electron chi connectivity index (χ0n) is 20.0. The lowest BCUT2D eigenvalue weighted by molar-refractivity contribution is 0.0699. The third-order valence-corrected chi connectivity index (χ3v) is 6.50. The lowest BCUT2D eigenvalue weighted by Crippen LogP contribution is -2.46. The van der Waals surface area contributed by atoms with Crippen LogP contribution >= 0.6 is 0 Å². The van der Waals surface area contributed by atoms with E-state index < -0.39 is 0 Å². The molecule has 2 aliphatic rings. The number of carbonyl (C=O) groups is 2. The summed E-state index contributed by atoms with van der Waals surface area (Å²) in [5.74, 6) is 0.268. The number of likely N-dealkylation sites (tertiary alicyclic amines) is 1. The van der Waals surface area contributed by atoms with Crippen molar-refractivity contribution in [1.82, 2.24) is 25.3 Å². The highest BCUT2D eigenvalue weighted by atomic mass is 16.5. The molecule has 0 aromatic carbocycles. The minimum absolute atomic E-state index is 0.00408. The molecule has 178 valence electrons. The van der Waals surface area contributed by atoms with Gasteiger partial charge in [-0.05, 0) is 55.7 Å². The molecule has 0 spiro atoms. The van der Waals surface area contributed by atoms with E-state index in [9.17, 15) is 9.59 Å². The topological polar surface area (TPSA) is 101 Å². The Morgan fingerprint density at radius 2 is 1.94 bits per heavy atom. The first-order valence-electron chi connectivity index (χ1n) is 12.1. The van der Waals surface area contributed by atoms with Crippen LogP contribution < -0.4 is 5.32 Å². The number of carbonyl (C=O) groups excluding carboxylic acids is 2. The Labute approximate surface area is 199 Å². The molecule has 1 saturated carbocycles. The second-order valence-electron chi connectivity index (χ2n) is 10.7. The number of amides is 2. The van der Waals surface area contributed by atoms with Crippen LogP contribution in [0.5, 0.6) is 0 Å². The Kier molecular flexibility index (Phi) is 5.83. The fourth-order valence-electron chi connectivity index (χ4n) is 4.57. The summed E-state index contributed by atoms with van der Waals surface area (Å²) in [5.41, 5.74) is 3.37. The van der Waals surface area contributed by atoms with E-state index in [0.29, 0.717) is 55.1 Å². The van der Waals surface area contributed by atoms with Crippen molar-refractivity contribution >= 4 is 22.9 Å². The van der Waals surface area contributed by atoms with E-state index in [-0.39, 0.29) is 23.3 Å². The van der Waals surface area contributed by atoms with Crippen molar-refractivity contribution in [3.63, 3.8) is 0 Å². The van der Waals surface area contributed by atoms with Crippen LogP contribution in [0.25, 0.3) is 11.1 Å². The van der Waals surface area contributed by atoms with Crippen LogP contribution in [0.2, 0.25) is 0 Å². The Morgan fingerprint density at radius 1 is 1.18 bits per heavy atom. The molecular weight excluding hydrogens is 430 g/mol. The van der Waals surface area contributed by atoms with E-state index in [1.54, 1.807) is 24.5 Å². The van der Waals surface area contributed by atoms with Crippen molar-refractivity contribution in [3.8, 4) is 0 Å². The van der Waals surface area contributed by atoms with Gasteiger partial charge in [0.1, 0.15) is 0 Å². The lowest BCUT2D eigenvalue weighted by Gasteiger charge is -2.32. The molecule has 2 amide bonds. The molecule has 1 saturated heterocycles. The van der Waals surface area contributed by atoms with Gasteiger partial charge in [0.2, 0.25) is 0 Å². The van der Waals surface area contributed by atoms with Crippen LogP contribution in [0, 0.1) is 5.41 Å². The maximum atomic E-state index is 13.7. The highest BCUT2D eigenvalue weighted by Gasteiger charge is 2.32. The smallest absolute Gasteiger partial charge is 0.259 e. The molecule has 0 bridgehead atoms. The van der Waals surface area contributed by atoms with Gasteiger partial charge in [-0.25, -0.2) is 4.98 Å². The average Bonchev–Trinajstić information content (AvgIpc) is 3.60. The van der Waals surface area contributed by atoms with Gasteiger partial charge >= 0.3 is 0 Å². The summed E-state index contributed by atoms with van der Waals surface area (Å²) in [7, 11) is 0. The molecule has 34 heavy (non-hydrogen) atoms. The molecule has 8 heteroatoms. The number of nitrogens with one attached hydrogen (secondary N) is 1. The molecule has 8 nitrogen and oxygen atoms in total. The van der Waals surface area contributed by atoms with Crippen LogP contribution in [-0.4, -0.2) is 51.0 Å². The van der Waals surface area contributed by atoms with Gasteiger partial charge in [0.05, 0.1) is 22.2 Å². The van der Waals surface area contributed by atoms with E-state index in [4.69, 9.17) is 9.51 Å². The summed E-state index contributed by atoms with van der Waals surface area (Å²) in [5, 5.41) is 8.12. The lowest BCUT2D eigenvalue weighted by atomic mass is 9.89. The van der Waals surface area contributed by atoms with Crippen LogP contribution in [0.3, 0.4) is 0 Å². The zero-order chi connectivity index (χ0) is 23.9. The number of hydrogen-bond acceptors (Lipinski definition) is 6. The van der Waals surface area contributed by atoms with Gasteiger partial charge in [0.25, 0.3) is 17.5 Å². The van der Waals surface area contributed by atoms with Crippen molar-refractivity contribution in [2.24, 2.45) is 5.41 Å². The Balaban J connectivity index is 1.34. The third-order valence-electron chi connectivity index (χ3n) is 6.50. The average molecular weight is 462 g/mol. The maximum absolute atomic E-state index is 13.7. The van der Waals surface area contributed by atoms with E-state index in [2.05, 4.69) is 36.2 Å². The van der Waals surface area contributed by atoms with E-state index in [0.717, 1.165) is 29.6 Å². The summed E-state index contributed by atoms with van der Waals surface area (Å²) < 4.78 is 5.61. The quantitative estimate of drug-likeness (QED) is 0.613. The first-order valence-corrected chi connectivity index (χ1v) is 12.1. The largest absolute Gasteiger partial charge is 0.349 e.